The van der Waals surface area contributed by atoms with Crippen molar-refractivity contribution in [2.45, 2.75) is 20.0 Å². The van der Waals surface area contributed by atoms with Crippen LogP contribution in [0.4, 0.5) is 0 Å². The van der Waals surface area contributed by atoms with Crippen molar-refractivity contribution in [3.8, 4) is 5.75 Å². The molecule has 3 aromatic heterocycles. The molecule has 4 aromatic rings. The van der Waals surface area contributed by atoms with Crippen molar-refractivity contribution >= 4 is 11.6 Å². The number of amides is 1. The van der Waals surface area contributed by atoms with Gasteiger partial charge >= 0.3 is 0 Å². The molecule has 0 saturated carbocycles. The number of fused-ring (bicyclic) bond motifs is 1. The van der Waals surface area contributed by atoms with Crippen LogP contribution in [0.5, 0.6) is 5.75 Å². The monoisotopic (exact) mass is 386 g/mol. The Bertz CT molecular complexity index is 1100. The minimum atomic E-state index is -0.108. The molecule has 4 rings (SSSR count). The molecular formula is C23H22N4O2. The molecular weight excluding hydrogens is 364 g/mol. The topological polar surface area (TPSA) is 68.5 Å². The van der Waals surface area contributed by atoms with Crippen LogP contribution in [-0.2, 0) is 13.0 Å². The average molecular weight is 386 g/mol. The van der Waals surface area contributed by atoms with E-state index in [1.54, 1.807) is 30.5 Å². The van der Waals surface area contributed by atoms with Crippen molar-refractivity contribution in [2.24, 2.45) is 0 Å². The molecule has 1 N–H and O–H groups in total. The number of aryl methyl sites for hydroxylation is 1. The summed E-state index contributed by atoms with van der Waals surface area (Å²) >= 11 is 0. The molecule has 6 nitrogen and oxygen atoms in total. The van der Waals surface area contributed by atoms with Gasteiger partial charge in [0.1, 0.15) is 18.0 Å². The molecule has 0 unspecified atom stereocenters. The molecule has 0 aliphatic carbocycles. The smallest absolute Gasteiger partial charge is 0.251 e. The lowest BCUT2D eigenvalue weighted by molar-refractivity contribution is 0.0954. The number of pyridine rings is 2. The third-order valence-electron chi connectivity index (χ3n) is 4.62. The van der Waals surface area contributed by atoms with Crippen molar-refractivity contribution in [3.63, 3.8) is 0 Å². The molecule has 146 valence electrons. The first kappa shape index (κ1) is 18.7. The second-order valence-electron chi connectivity index (χ2n) is 6.79. The van der Waals surface area contributed by atoms with Crippen LogP contribution in [0.25, 0.3) is 5.65 Å². The molecule has 0 saturated heterocycles. The SMILES string of the molecule is Cc1cccn2cc(COc3ccc(C(=O)NCCc4ccccn4)cc3)nc12. The van der Waals surface area contributed by atoms with Crippen LogP contribution in [0, 0.1) is 6.92 Å². The lowest BCUT2D eigenvalue weighted by atomic mass is 10.2. The summed E-state index contributed by atoms with van der Waals surface area (Å²) in [6.45, 7) is 2.95. The van der Waals surface area contributed by atoms with Gasteiger partial charge in [-0.25, -0.2) is 4.98 Å². The van der Waals surface area contributed by atoms with Crippen molar-refractivity contribution < 1.29 is 9.53 Å². The number of hydrogen-bond acceptors (Lipinski definition) is 4. The number of benzene rings is 1. The Kier molecular flexibility index (Phi) is 5.52. The van der Waals surface area contributed by atoms with E-state index in [0.29, 0.717) is 30.9 Å². The number of hydrogen-bond donors (Lipinski definition) is 1. The van der Waals surface area contributed by atoms with Crippen LogP contribution < -0.4 is 10.1 Å². The minimum Gasteiger partial charge on any atom is -0.487 e. The van der Waals surface area contributed by atoms with Gasteiger partial charge in [-0.3, -0.25) is 9.78 Å². The average Bonchev–Trinajstić information content (AvgIpc) is 3.18. The van der Waals surface area contributed by atoms with E-state index < -0.39 is 0 Å². The summed E-state index contributed by atoms with van der Waals surface area (Å²) in [5, 5.41) is 2.91. The van der Waals surface area contributed by atoms with E-state index in [4.69, 9.17) is 4.74 Å². The Labute approximate surface area is 169 Å². The van der Waals surface area contributed by atoms with E-state index in [0.717, 1.165) is 22.6 Å². The fourth-order valence-electron chi connectivity index (χ4n) is 3.09. The first-order valence-electron chi connectivity index (χ1n) is 9.53. The van der Waals surface area contributed by atoms with E-state index in [9.17, 15) is 4.79 Å². The first-order valence-corrected chi connectivity index (χ1v) is 9.53. The number of imidazole rings is 1. The number of ether oxygens (including phenoxy) is 1. The number of nitrogens with one attached hydrogen (secondary N) is 1. The van der Waals surface area contributed by atoms with Gasteiger partial charge in [-0.1, -0.05) is 12.1 Å². The highest BCUT2D eigenvalue weighted by Gasteiger charge is 2.07. The zero-order valence-corrected chi connectivity index (χ0v) is 16.2. The molecule has 0 aliphatic rings. The summed E-state index contributed by atoms with van der Waals surface area (Å²) in [7, 11) is 0. The molecule has 0 spiro atoms. The Morgan fingerprint density at radius 2 is 1.93 bits per heavy atom. The predicted molar refractivity (Wildman–Crippen MR) is 111 cm³/mol. The van der Waals surface area contributed by atoms with E-state index in [2.05, 4.69) is 15.3 Å². The standard InChI is InChI=1S/C23H22N4O2/c1-17-5-4-14-27-15-20(26-22(17)27)16-29-21-9-7-18(8-10-21)23(28)25-13-11-19-6-2-3-12-24-19/h2-10,12,14-15H,11,13,16H2,1H3,(H,25,28). The van der Waals surface area contributed by atoms with Crippen LogP contribution >= 0.6 is 0 Å². The fourth-order valence-corrected chi connectivity index (χ4v) is 3.09. The third kappa shape index (κ3) is 4.60. The lowest BCUT2D eigenvalue weighted by Crippen LogP contribution is -2.25. The van der Waals surface area contributed by atoms with Crippen molar-refractivity contribution in [2.75, 3.05) is 6.54 Å². The highest BCUT2D eigenvalue weighted by Crippen LogP contribution is 2.15. The minimum absolute atomic E-state index is 0.108. The van der Waals surface area contributed by atoms with Gasteiger partial charge in [-0.05, 0) is 55.0 Å². The quantitative estimate of drug-likeness (QED) is 0.527. The molecule has 3 heterocycles. The van der Waals surface area contributed by atoms with Crippen LogP contribution in [0.15, 0.2) is 73.2 Å². The number of rotatable bonds is 7. The largest absolute Gasteiger partial charge is 0.487 e. The summed E-state index contributed by atoms with van der Waals surface area (Å²) in [5.41, 5.74) is 4.47. The van der Waals surface area contributed by atoms with Crippen LogP contribution in [0.1, 0.15) is 27.3 Å². The molecule has 1 amide bonds. The zero-order chi connectivity index (χ0) is 20.1. The van der Waals surface area contributed by atoms with Gasteiger partial charge in [0.2, 0.25) is 0 Å². The Balaban J connectivity index is 1.30. The predicted octanol–water partition coefficient (Wildman–Crippen LogP) is 3.59. The van der Waals surface area contributed by atoms with E-state index in [1.807, 2.05) is 54.0 Å². The number of nitrogens with zero attached hydrogens (tertiary/aromatic N) is 3. The summed E-state index contributed by atoms with van der Waals surface area (Å²) < 4.78 is 7.81. The molecule has 29 heavy (non-hydrogen) atoms. The van der Waals surface area contributed by atoms with Gasteiger partial charge < -0.3 is 14.5 Å². The van der Waals surface area contributed by atoms with E-state index in [1.165, 1.54) is 0 Å². The number of carbonyl (C=O) groups is 1. The maximum Gasteiger partial charge on any atom is 0.251 e. The van der Waals surface area contributed by atoms with Gasteiger partial charge in [0.15, 0.2) is 0 Å². The lowest BCUT2D eigenvalue weighted by Gasteiger charge is -2.07. The van der Waals surface area contributed by atoms with Gasteiger partial charge in [0, 0.05) is 42.8 Å². The second-order valence-corrected chi connectivity index (χ2v) is 6.79. The summed E-state index contributed by atoms with van der Waals surface area (Å²) in [4.78, 5) is 21.1. The molecule has 0 fully saturated rings. The maximum absolute atomic E-state index is 12.3. The number of aromatic nitrogens is 3. The van der Waals surface area contributed by atoms with Gasteiger partial charge in [0.25, 0.3) is 5.91 Å². The first-order chi connectivity index (χ1) is 14.2. The Hall–Kier alpha value is -3.67. The van der Waals surface area contributed by atoms with Gasteiger partial charge in [-0.15, -0.1) is 0 Å². The summed E-state index contributed by atoms with van der Waals surface area (Å²) in [6.07, 6.45) is 6.39. The van der Waals surface area contributed by atoms with Crippen LogP contribution in [0.3, 0.4) is 0 Å². The molecule has 6 heteroatoms. The molecule has 0 bridgehead atoms. The Morgan fingerprint density at radius 1 is 1.07 bits per heavy atom. The van der Waals surface area contributed by atoms with Crippen molar-refractivity contribution in [1.29, 1.82) is 0 Å². The molecule has 1 aromatic carbocycles. The Morgan fingerprint density at radius 3 is 2.69 bits per heavy atom. The van der Waals surface area contributed by atoms with Crippen molar-refractivity contribution in [1.82, 2.24) is 19.7 Å². The maximum atomic E-state index is 12.3. The summed E-state index contributed by atoms with van der Waals surface area (Å²) in [6, 6.07) is 16.9. The third-order valence-corrected chi connectivity index (χ3v) is 4.62. The van der Waals surface area contributed by atoms with E-state index >= 15 is 0 Å². The van der Waals surface area contributed by atoms with E-state index in [-0.39, 0.29) is 5.91 Å². The summed E-state index contributed by atoms with van der Waals surface area (Å²) in [5.74, 6) is 0.590. The molecule has 0 aliphatic heterocycles. The van der Waals surface area contributed by atoms with Crippen molar-refractivity contribution in [3.05, 3.63) is 95.7 Å². The highest BCUT2D eigenvalue weighted by molar-refractivity contribution is 5.94. The fraction of sp³-hybridized carbons (Fsp3) is 0.174. The van der Waals surface area contributed by atoms with Crippen LogP contribution in [0.2, 0.25) is 0 Å². The molecule has 0 atom stereocenters. The van der Waals surface area contributed by atoms with Gasteiger partial charge in [-0.2, -0.15) is 0 Å². The molecule has 0 radical (unpaired) electrons. The van der Waals surface area contributed by atoms with Crippen LogP contribution in [-0.4, -0.2) is 26.8 Å². The zero-order valence-electron chi connectivity index (χ0n) is 16.2. The normalized spacial score (nSPS) is 10.8. The highest BCUT2D eigenvalue weighted by atomic mass is 16.5. The number of carbonyl (C=O) groups excluding carboxylic acids is 1. The van der Waals surface area contributed by atoms with Gasteiger partial charge in [0.05, 0.1) is 5.69 Å². The second kappa shape index (κ2) is 8.56.